The van der Waals surface area contributed by atoms with Gasteiger partial charge in [-0.3, -0.25) is 0 Å². The van der Waals surface area contributed by atoms with E-state index in [1.165, 1.54) is 24.3 Å². The van der Waals surface area contributed by atoms with Gasteiger partial charge in [-0.05, 0) is 37.3 Å². The van der Waals surface area contributed by atoms with E-state index in [9.17, 15) is 18.1 Å². The highest BCUT2D eigenvalue weighted by atomic mass is 32.2. The second kappa shape index (κ2) is 6.30. The maximum Gasteiger partial charge on any atom is 0.292 e. The van der Waals surface area contributed by atoms with Gasteiger partial charge in [0.05, 0.1) is 21.6 Å². The van der Waals surface area contributed by atoms with Crippen LogP contribution in [0.5, 0.6) is 0 Å². The van der Waals surface area contributed by atoms with Crippen LogP contribution in [0, 0.1) is 11.8 Å². The Labute approximate surface area is 126 Å². The zero-order valence-corrected chi connectivity index (χ0v) is 12.3. The molecule has 0 aromatic heterocycles. The van der Waals surface area contributed by atoms with Gasteiger partial charge in [-0.2, -0.15) is 13.4 Å². The summed E-state index contributed by atoms with van der Waals surface area (Å²) >= 11 is 0. The minimum Gasteiger partial charge on any atom is -0.210 e. The van der Waals surface area contributed by atoms with Crippen molar-refractivity contribution in [2.75, 3.05) is 5.01 Å². The van der Waals surface area contributed by atoms with Crippen LogP contribution in [0.2, 0.25) is 0 Å². The minimum atomic E-state index is -4.13. The largest absolute Gasteiger partial charge is 0.292 e. The van der Waals surface area contributed by atoms with Crippen LogP contribution in [0.1, 0.15) is 5.56 Å². The van der Waals surface area contributed by atoms with E-state index in [0.29, 0.717) is 5.69 Å². The van der Waals surface area contributed by atoms with Gasteiger partial charge in [0.15, 0.2) is 0 Å². The molecule has 0 N–H and O–H groups in total. The lowest BCUT2D eigenvalue weighted by Gasteiger charge is -2.16. The van der Waals surface area contributed by atoms with Crippen molar-refractivity contribution in [1.29, 1.82) is 0 Å². The van der Waals surface area contributed by atoms with Crippen LogP contribution in [0.25, 0.3) is 0 Å². The van der Waals surface area contributed by atoms with Crippen molar-refractivity contribution >= 4 is 27.5 Å². The first kappa shape index (κ1) is 15.6. The van der Waals surface area contributed by atoms with Gasteiger partial charge in [-0.25, -0.2) is 4.79 Å². The van der Waals surface area contributed by atoms with Crippen LogP contribution in [0.15, 0.2) is 63.1 Å². The Morgan fingerprint density at radius 1 is 1.05 bits per heavy atom. The smallest absolute Gasteiger partial charge is 0.210 e. The Morgan fingerprint density at radius 2 is 1.73 bits per heavy atom. The molecule has 112 valence electrons. The fraction of sp³-hybridized carbons (Fsp3) is 0.0714. The topological polar surface area (TPSA) is 96.2 Å². The van der Waals surface area contributed by atoms with Crippen molar-refractivity contribution in [2.24, 2.45) is 9.68 Å². The third-order valence-electron chi connectivity index (χ3n) is 2.88. The summed E-state index contributed by atoms with van der Waals surface area (Å²) in [6.07, 6.45) is 0.995. The molecule has 2 aromatic carbocycles. The SMILES string of the molecule is Cc1ccc(N(N=O)c2cccc(S(=O)(=O)N=C=O)c2)cc1. The molecule has 0 amide bonds. The third-order valence-corrected chi connectivity index (χ3v) is 4.04. The van der Waals surface area contributed by atoms with Crippen molar-refractivity contribution in [2.45, 2.75) is 11.8 Å². The summed E-state index contributed by atoms with van der Waals surface area (Å²) in [5, 5.41) is 3.95. The third kappa shape index (κ3) is 3.25. The van der Waals surface area contributed by atoms with Gasteiger partial charge < -0.3 is 0 Å². The summed E-state index contributed by atoms with van der Waals surface area (Å²) < 4.78 is 26.2. The van der Waals surface area contributed by atoms with E-state index in [4.69, 9.17) is 0 Å². The Kier molecular flexibility index (Phi) is 4.45. The Hall–Kier alpha value is -2.83. The number of nitrogens with zero attached hydrogens (tertiary/aromatic N) is 3. The molecule has 0 aliphatic heterocycles. The molecule has 0 aliphatic carbocycles. The zero-order valence-electron chi connectivity index (χ0n) is 11.5. The molecule has 22 heavy (non-hydrogen) atoms. The van der Waals surface area contributed by atoms with E-state index < -0.39 is 10.0 Å². The number of benzene rings is 2. The standard InChI is InChI=1S/C14H11N3O4S/c1-11-5-7-12(8-6-11)17(16-19)13-3-2-4-14(9-13)22(20,21)15-10-18/h2-9H,1H3. The van der Waals surface area contributed by atoms with Gasteiger partial charge >= 0.3 is 0 Å². The van der Waals surface area contributed by atoms with Crippen LogP contribution < -0.4 is 5.01 Å². The number of nitroso groups, excluding NO2 is 1. The Balaban J connectivity index is 2.49. The molecule has 7 nitrogen and oxygen atoms in total. The first-order valence-corrected chi connectivity index (χ1v) is 7.56. The second-order valence-electron chi connectivity index (χ2n) is 4.38. The average Bonchev–Trinajstić information content (AvgIpc) is 2.50. The maximum absolute atomic E-state index is 11.7. The van der Waals surface area contributed by atoms with Crippen LogP contribution in [0.4, 0.5) is 11.4 Å². The van der Waals surface area contributed by atoms with Crippen LogP contribution >= 0.6 is 0 Å². The molecule has 0 radical (unpaired) electrons. The molecule has 0 unspecified atom stereocenters. The summed E-state index contributed by atoms with van der Waals surface area (Å²) in [5.74, 6) is 0. The number of hydrogen-bond donors (Lipinski definition) is 0. The van der Waals surface area contributed by atoms with E-state index >= 15 is 0 Å². The molecule has 2 rings (SSSR count). The van der Waals surface area contributed by atoms with E-state index in [2.05, 4.69) is 9.68 Å². The first-order chi connectivity index (χ1) is 10.5. The molecule has 2 aromatic rings. The molecule has 0 saturated carbocycles. The lowest BCUT2D eigenvalue weighted by atomic mass is 10.2. The molecular formula is C14H11N3O4S. The van der Waals surface area contributed by atoms with E-state index in [1.54, 1.807) is 24.3 Å². The number of sulfonamides is 1. The fourth-order valence-electron chi connectivity index (χ4n) is 1.81. The molecule has 0 atom stereocenters. The molecule has 0 fully saturated rings. The number of hydrogen-bond acceptors (Lipinski definition) is 5. The summed E-state index contributed by atoms with van der Waals surface area (Å²) in [7, 11) is -4.13. The van der Waals surface area contributed by atoms with Crippen molar-refractivity contribution in [3.63, 3.8) is 0 Å². The van der Waals surface area contributed by atoms with Gasteiger partial charge in [0, 0.05) is 0 Å². The lowest BCUT2D eigenvalue weighted by Crippen LogP contribution is -2.08. The van der Waals surface area contributed by atoms with Crippen LogP contribution in [-0.4, -0.2) is 14.5 Å². The fourth-order valence-corrected chi connectivity index (χ4v) is 2.53. The van der Waals surface area contributed by atoms with Crippen molar-refractivity contribution in [3.8, 4) is 0 Å². The van der Waals surface area contributed by atoms with E-state index in [-0.39, 0.29) is 10.6 Å². The van der Waals surface area contributed by atoms with Gasteiger partial charge in [0.2, 0.25) is 0 Å². The van der Waals surface area contributed by atoms with Gasteiger partial charge in [0.25, 0.3) is 16.1 Å². The summed E-state index contributed by atoms with van der Waals surface area (Å²) in [5.41, 5.74) is 1.72. The summed E-state index contributed by atoms with van der Waals surface area (Å²) in [6, 6.07) is 12.4. The molecule has 8 heteroatoms. The number of rotatable bonds is 5. The second-order valence-corrected chi connectivity index (χ2v) is 5.99. The average molecular weight is 317 g/mol. The highest BCUT2D eigenvalue weighted by Crippen LogP contribution is 2.28. The number of carbonyl (C=O) groups excluding carboxylic acids is 1. The maximum atomic E-state index is 11.7. The van der Waals surface area contributed by atoms with Crippen molar-refractivity contribution < 1.29 is 13.2 Å². The molecule has 0 spiro atoms. The molecule has 0 heterocycles. The van der Waals surface area contributed by atoms with Gasteiger partial charge in [0.1, 0.15) is 0 Å². The number of anilines is 2. The molecular weight excluding hydrogens is 306 g/mol. The molecule has 0 bridgehead atoms. The highest BCUT2D eigenvalue weighted by molar-refractivity contribution is 7.90. The van der Waals surface area contributed by atoms with Crippen LogP contribution in [0.3, 0.4) is 0 Å². The molecule has 0 aliphatic rings. The Morgan fingerprint density at radius 3 is 2.32 bits per heavy atom. The number of aryl methyl sites for hydroxylation is 1. The quantitative estimate of drug-likeness (QED) is 0.365. The zero-order chi connectivity index (χ0) is 16.2. The summed E-state index contributed by atoms with van der Waals surface area (Å²) in [6.45, 7) is 1.90. The highest BCUT2D eigenvalue weighted by Gasteiger charge is 2.16. The Bertz CT molecular complexity index is 841. The van der Waals surface area contributed by atoms with Crippen molar-refractivity contribution in [1.82, 2.24) is 0 Å². The van der Waals surface area contributed by atoms with Gasteiger partial charge in [-0.1, -0.05) is 28.2 Å². The lowest BCUT2D eigenvalue weighted by molar-refractivity contribution is 0.563. The summed E-state index contributed by atoms with van der Waals surface area (Å²) in [4.78, 5) is 21.1. The van der Waals surface area contributed by atoms with Gasteiger partial charge in [-0.15, -0.1) is 4.91 Å². The van der Waals surface area contributed by atoms with E-state index in [0.717, 1.165) is 16.7 Å². The monoisotopic (exact) mass is 317 g/mol. The normalized spacial score (nSPS) is 10.6. The van der Waals surface area contributed by atoms with Crippen molar-refractivity contribution in [3.05, 3.63) is 59.0 Å². The first-order valence-electron chi connectivity index (χ1n) is 6.12. The predicted octanol–water partition coefficient (Wildman–Crippen LogP) is 2.84. The minimum absolute atomic E-state index is 0.228. The predicted molar refractivity (Wildman–Crippen MR) is 80.9 cm³/mol. The van der Waals surface area contributed by atoms with Crippen LogP contribution in [-0.2, 0) is 14.8 Å². The van der Waals surface area contributed by atoms with E-state index in [1.807, 2.05) is 6.92 Å². The molecule has 0 saturated heterocycles. The number of isocyanates is 1.